The third kappa shape index (κ3) is 3.67. The lowest BCUT2D eigenvalue weighted by Crippen LogP contribution is -2.46. The zero-order valence-electron chi connectivity index (χ0n) is 9.56. The maximum atomic E-state index is 12.7. The van der Waals surface area contributed by atoms with Crippen molar-refractivity contribution in [3.05, 3.63) is 29.8 Å². The fourth-order valence-corrected chi connectivity index (χ4v) is 2.70. The molecule has 1 N–H and O–H groups in total. The Bertz CT molecular complexity index is 583. The van der Waals surface area contributed by atoms with Crippen molar-refractivity contribution in [2.24, 2.45) is 0 Å². The molecule has 19 heavy (non-hydrogen) atoms. The molecule has 0 fully saturated rings. The van der Waals surface area contributed by atoms with E-state index in [0.717, 1.165) is 25.1 Å². The van der Waals surface area contributed by atoms with Crippen LogP contribution in [0.3, 0.4) is 0 Å². The molecule has 0 saturated carbocycles. The van der Waals surface area contributed by atoms with Gasteiger partial charge in [-0.2, -0.15) is 13.2 Å². The Hall–Kier alpha value is -1.61. The highest BCUT2D eigenvalue weighted by Gasteiger charge is 2.37. The van der Waals surface area contributed by atoms with Gasteiger partial charge in [-0.15, -0.1) is 0 Å². The summed E-state index contributed by atoms with van der Waals surface area (Å²) >= 11 is 0. The van der Waals surface area contributed by atoms with Gasteiger partial charge in [0.1, 0.15) is 0 Å². The van der Waals surface area contributed by atoms with E-state index >= 15 is 0 Å². The molecule has 0 heterocycles. The zero-order valence-corrected chi connectivity index (χ0v) is 10.4. The first kappa shape index (κ1) is 15.4. The van der Waals surface area contributed by atoms with Gasteiger partial charge in [0.25, 0.3) is 0 Å². The molecule has 0 saturated heterocycles. The summed E-state index contributed by atoms with van der Waals surface area (Å²) in [5, 5.41) is 10.4. The quantitative estimate of drug-likeness (QED) is 0.855. The molecule has 0 amide bonds. The molecule has 0 spiro atoms. The van der Waals surface area contributed by atoms with Crippen molar-refractivity contribution in [3.63, 3.8) is 0 Å². The first-order valence-corrected chi connectivity index (χ1v) is 6.43. The van der Waals surface area contributed by atoms with Gasteiger partial charge < -0.3 is 9.90 Å². The van der Waals surface area contributed by atoms with Crippen LogP contribution in [0.5, 0.6) is 0 Å². The zero-order chi connectivity index (χ0) is 14.8. The molecule has 0 bridgehead atoms. The Balaban J connectivity index is 3.27. The molecule has 0 unspecified atom stereocenters. The number of hydrogen-bond acceptors (Lipinski definition) is 4. The van der Waals surface area contributed by atoms with Crippen LogP contribution in [0.15, 0.2) is 29.2 Å². The minimum Gasteiger partial charge on any atom is -0.548 e. The van der Waals surface area contributed by atoms with E-state index in [4.69, 9.17) is 0 Å². The summed E-state index contributed by atoms with van der Waals surface area (Å²) < 4.78 is 63.0. The van der Waals surface area contributed by atoms with Crippen LogP contribution in [0.4, 0.5) is 13.2 Å². The number of rotatable bonds is 4. The monoisotopic (exact) mass is 296 g/mol. The third-order valence-electron chi connectivity index (χ3n) is 2.17. The first-order chi connectivity index (χ1) is 8.55. The summed E-state index contributed by atoms with van der Waals surface area (Å²) in [6.45, 7) is 0.948. The van der Waals surface area contributed by atoms with Crippen LogP contribution >= 0.6 is 0 Å². The van der Waals surface area contributed by atoms with Gasteiger partial charge in [0.15, 0.2) is 0 Å². The molecule has 0 aliphatic rings. The van der Waals surface area contributed by atoms with E-state index in [2.05, 4.69) is 0 Å². The second-order valence-electron chi connectivity index (χ2n) is 3.66. The summed E-state index contributed by atoms with van der Waals surface area (Å²) in [6.07, 6.45) is -4.87. The SMILES string of the molecule is C[C@@H](NS(=O)(=O)c1ccccc1C(F)(F)F)C(=O)[O-]. The van der Waals surface area contributed by atoms with E-state index in [0.29, 0.717) is 6.07 Å². The van der Waals surface area contributed by atoms with Crippen LogP contribution in [0.25, 0.3) is 0 Å². The summed E-state index contributed by atoms with van der Waals surface area (Å²) in [6, 6.07) is 1.83. The Morgan fingerprint density at radius 2 is 1.84 bits per heavy atom. The van der Waals surface area contributed by atoms with Crippen molar-refractivity contribution in [2.45, 2.75) is 24.0 Å². The lowest BCUT2D eigenvalue weighted by Gasteiger charge is -2.17. The average Bonchev–Trinajstić information content (AvgIpc) is 2.27. The van der Waals surface area contributed by atoms with E-state index in [9.17, 15) is 31.5 Å². The Morgan fingerprint density at radius 3 is 2.32 bits per heavy atom. The third-order valence-corrected chi connectivity index (χ3v) is 3.77. The summed E-state index contributed by atoms with van der Waals surface area (Å²) in [4.78, 5) is 9.40. The second-order valence-corrected chi connectivity index (χ2v) is 5.34. The van der Waals surface area contributed by atoms with Crippen molar-refractivity contribution in [1.82, 2.24) is 4.72 Å². The van der Waals surface area contributed by atoms with Crippen molar-refractivity contribution < 1.29 is 31.5 Å². The molecule has 1 rings (SSSR count). The van der Waals surface area contributed by atoms with Gasteiger partial charge in [0.2, 0.25) is 10.0 Å². The summed E-state index contributed by atoms with van der Waals surface area (Å²) in [5.74, 6) is -1.74. The molecule has 1 aromatic carbocycles. The number of carbonyl (C=O) groups excluding carboxylic acids is 1. The van der Waals surface area contributed by atoms with E-state index in [1.807, 2.05) is 0 Å². The van der Waals surface area contributed by atoms with Crippen molar-refractivity contribution in [1.29, 1.82) is 0 Å². The number of aliphatic carboxylic acids is 1. The van der Waals surface area contributed by atoms with Gasteiger partial charge in [0.05, 0.1) is 22.5 Å². The summed E-state index contributed by atoms with van der Waals surface area (Å²) in [5.41, 5.74) is -1.37. The molecular weight excluding hydrogens is 287 g/mol. The molecule has 0 aliphatic carbocycles. The molecule has 0 aliphatic heterocycles. The van der Waals surface area contributed by atoms with Gasteiger partial charge in [-0.3, -0.25) is 0 Å². The molecule has 106 valence electrons. The van der Waals surface area contributed by atoms with Crippen LogP contribution in [0.1, 0.15) is 12.5 Å². The number of halogens is 3. The van der Waals surface area contributed by atoms with Crippen LogP contribution < -0.4 is 9.83 Å². The number of carboxylic acids is 1. The topological polar surface area (TPSA) is 86.3 Å². The Morgan fingerprint density at radius 1 is 1.32 bits per heavy atom. The van der Waals surface area contributed by atoms with E-state index in [1.165, 1.54) is 0 Å². The van der Waals surface area contributed by atoms with Gasteiger partial charge in [-0.05, 0) is 19.1 Å². The van der Waals surface area contributed by atoms with Crippen molar-refractivity contribution in [3.8, 4) is 0 Å². The van der Waals surface area contributed by atoms with Gasteiger partial charge in [-0.1, -0.05) is 12.1 Å². The molecule has 0 radical (unpaired) electrons. The average molecular weight is 296 g/mol. The van der Waals surface area contributed by atoms with Gasteiger partial charge >= 0.3 is 6.18 Å². The second kappa shape index (κ2) is 5.17. The summed E-state index contributed by atoms with van der Waals surface area (Å²) in [7, 11) is -4.61. The Kier molecular flexibility index (Phi) is 4.21. The predicted molar refractivity (Wildman–Crippen MR) is 56.2 cm³/mol. The minimum atomic E-state index is -4.87. The lowest BCUT2D eigenvalue weighted by molar-refractivity contribution is -0.307. The maximum absolute atomic E-state index is 12.7. The number of hydrogen-bond donors (Lipinski definition) is 1. The van der Waals surface area contributed by atoms with Crippen LogP contribution in [-0.4, -0.2) is 20.4 Å². The first-order valence-electron chi connectivity index (χ1n) is 4.95. The number of carboxylic acid groups (broad SMARTS) is 1. The standard InChI is InChI=1S/C10H10F3NO4S/c1-6(9(15)16)14-19(17,18)8-5-3-2-4-7(8)10(11,12)13/h2-6,14H,1H3,(H,15,16)/p-1/t6-/m1/s1. The minimum absolute atomic E-state index is 0.595. The molecule has 5 nitrogen and oxygen atoms in total. The van der Waals surface area contributed by atoms with Gasteiger partial charge in [-0.25, -0.2) is 13.1 Å². The molecule has 1 atom stereocenters. The molecule has 1 aromatic rings. The smallest absolute Gasteiger partial charge is 0.417 e. The largest absolute Gasteiger partial charge is 0.548 e. The lowest BCUT2D eigenvalue weighted by atomic mass is 10.2. The van der Waals surface area contributed by atoms with Crippen molar-refractivity contribution >= 4 is 16.0 Å². The van der Waals surface area contributed by atoms with Gasteiger partial charge in [0, 0.05) is 0 Å². The fourth-order valence-electron chi connectivity index (χ4n) is 1.28. The fraction of sp³-hybridized carbons (Fsp3) is 0.300. The van der Waals surface area contributed by atoms with Crippen LogP contribution in [0, 0.1) is 0 Å². The van der Waals surface area contributed by atoms with Crippen LogP contribution in [-0.2, 0) is 21.0 Å². The van der Waals surface area contributed by atoms with E-state index < -0.39 is 38.7 Å². The highest BCUT2D eigenvalue weighted by atomic mass is 32.2. The molecular formula is C10H9F3NO4S-. The number of carbonyl (C=O) groups is 1. The van der Waals surface area contributed by atoms with E-state index in [1.54, 1.807) is 4.72 Å². The van der Waals surface area contributed by atoms with Crippen LogP contribution in [0.2, 0.25) is 0 Å². The highest BCUT2D eigenvalue weighted by Crippen LogP contribution is 2.33. The Labute approximate surface area is 107 Å². The number of sulfonamides is 1. The van der Waals surface area contributed by atoms with E-state index in [-0.39, 0.29) is 0 Å². The van der Waals surface area contributed by atoms with Crippen molar-refractivity contribution in [2.75, 3.05) is 0 Å². The number of alkyl halides is 3. The highest BCUT2D eigenvalue weighted by molar-refractivity contribution is 7.89. The molecule has 0 aromatic heterocycles. The molecule has 9 heteroatoms. The maximum Gasteiger partial charge on any atom is 0.417 e. The normalized spacial score (nSPS) is 14.1. The number of benzene rings is 1. The predicted octanol–water partition coefficient (Wildman–Crippen LogP) is 0.122. The number of nitrogens with one attached hydrogen (secondary N) is 1.